The number of nitrogens with zero attached hydrogens (tertiary/aromatic N) is 2. The number of aryl methyl sites for hydroxylation is 1. The number of carboxylic acids is 1. The zero-order valence-corrected chi connectivity index (χ0v) is 17.5. The monoisotopic (exact) mass is 422 g/mol. The number of carbonyl (C=O) groups is 1. The van der Waals surface area contributed by atoms with Crippen LogP contribution in [0.25, 0.3) is 0 Å². The molecule has 2 aromatic rings. The van der Waals surface area contributed by atoms with Crippen molar-refractivity contribution in [3.8, 4) is 0 Å². The van der Waals surface area contributed by atoms with Gasteiger partial charge in [-0.05, 0) is 56.9 Å². The summed E-state index contributed by atoms with van der Waals surface area (Å²) in [6, 6.07) is 9.09. The SMILES string of the molecule is CC1CCC(C)N1Cc1c(Cl)cc(Cl)c(=O)n1CCc1ccc(C(=O)O)cc1. The van der Waals surface area contributed by atoms with Gasteiger partial charge in [0, 0.05) is 25.2 Å². The minimum Gasteiger partial charge on any atom is -0.478 e. The summed E-state index contributed by atoms with van der Waals surface area (Å²) in [4.78, 5) is 26.1. The summed E-state index contributed by atoms with van der Waals surface area (Å²) < 4.78 is 1.66. The van der Waals surface area contributed by atoms with Crippen LogP contribution >= 0.6 is 23.2 Å². The lowest BCUT2D eigenvalue weighted by Gasteiger charge is -2.28. The Kier molecular flexibility index (Phi) is 6.48. The largest absolute Gasteiger partial charge is 0.478 e. The van der Waals surface area contributed by atoms with Gasteiger partial charge in [-0.1, -0.05) is 35.3 Å². The number of aromatic carboxylic acids is 1. The van der Waals surface area contributed by atoms with Crippen LogP contribution in [0.3, 0.4) is 0 Å². The van der Waals surface area contributed by atoms with E-state index in [4.69, 9.17) is 28.3 Å². The quantitative estimate of drug-likeness (QED) is 0.745. The summed E-state index contributed by atoms with van der Waals surface area (Å²) in [7, 11) is 0. The maximum absolute atomic E-state index is 12.7. The van der Waals surface area contributed by atoms with Crippen LogP contribution in [0.4, 0.5) is 0 Å². The van der Waals surface area contributed by atoms with Gasteiger partial charge in [0.25, 0.3) is 5.56 Å². The third-order valence-electron chi connectivity index (χ3n) is 5.60. The molecule has 3 rings (SSSR count). The third kappa shape index (κ3) is 4.43. The number of likely N-dealkylation sites (tertiary alicyclic amines) is 1. The Morgan fingerprint density at radius 1 is 1.11 bits per heavy atom. The van der Waals surface area contributed by atoms with Crippen molar-refractivity contribution in [2.45, 2.75) is 58.3 Å². The Balaban J connectivity index is 1.86. The Morgan fingerprint density at radius 3 is 2.29 bits per heavy atom. The molecule has 0 saturated carbocycles. The van der Waals surface area contributed by atoms with E-state index in [2.05, 4.69) is 18.7 Å². The highest BCUT2D eigenvalue weighted by atomic mass is 35.5. The highest BCUT2D eigenvalue weighted by molar-refractivity contribution is 6.34. The number of aromatic nitrogens is 1. The molecule has 2 unspecified atom stereocenters. The van der Waals surface area contributed by atoms with Gasteiger partial charge in [-0.25, -0.2) is 4.79 Å². The molecule has 7 heteroatoms. The van der Waals surface area contributed by atoms with Crippen LogP contribution in [0, 0.1) is 0 Å². The van der Waals surface area contributed by atoms with Gasteiger partial charge in [0.15, 0.2) is 0 Å². The Bertz CT molecular complexity index is 914. The first-order valence-electron chi connectivity index (χ1n) is 9.43. The van der Waals surface area contributed by atoms with Crippen LogP contribution < -0.4 is 5.56 Å². The number of pyridine rings is 1. The van der Waals surface area contributed by atoms with Crippen molar-refractivity contribution in [3.05, 3.63) is 67.6 Å². The molecule has 1 N–H and O–H groups in total. The molecule has 2 heterocycles. The maximum atomic E-state index is 12.7. The van der Waals surface area contributed by atoms with E-state index in [0.717, 1.165) is 24.1 Å². The third-order valence-corrected chi connectivity index (χ3v) is 6.19. The van der Waals surface area contributed by atoms with Crippen molar-refractivity contribution < 1.29 is 9.90 Å². The van der Waals surface area contributed by atoms with Crippen LogP contribution in [-0.2, 0) is 19.5 Å². The fraction of sp³-hybridized carbons (Fsp3) is 0.429. The van der Waals surface area contributed by atoms with E-state index in [-0.39, 0.29) is 16.1 Å². The molecule has 150 valence electrons. The topological polar surface area (TPSA) is 62.5 Å². The van der Waals surface area contributed by atoms with Crippen molar-refractivity contribution >= 4 is 29.2 Å². The van der Waals surface area contributed by atoms with Gasteiger partial charge in [0.05, 0.1) is 16.3 Å². The highest BCUT2D eigenvalue weighted by Gasteiger charge is 2.29. The van der Waals surface area contributed by atoms with Gasteiger partial charge in [-0.15, -0.1) is 0 Å². The molecule has 0 amide bonds. The molecule has 0 bridgehead atoms. The Morgan fingerprint density at radius 2 is 1.71 bits per heavy atom. The Hall–Kier alpha value is -1.82. The summed E-state index contributed by atoms with van der Waals surface area (Å²) in [5, 5.41) is 9.62. The molecule has 1 saturated heterocycles. The average Bonchev–Trinajstić information content (AvgIpc) is 2.97. The summed E-state index contributed by atoms with van der Waals surface area (Å²) in [6.07, 6.45) is 2.84. The van der Waals surface area contributed by atoms with Gasteiger partial charge >= 0.3 is 5.97 Å². The smallest absolute Gasteiger partial charge is 0.335 e. The first-order valence-corrected chi connectivity index (χ1v) is 10.2. The predicted molar refractivity (Wildman–Crippen MR) is 112 cm³/mol. The number of rotatable bonds is 6. The molecule has 1 aliphatic rings. The molecule has 28 heavy (non-hydrogen) atoms. The van der Waals surface area contributed by atoms with Gasteiger partial charge in [-0.3, -0.25) is 9.69 Å². The number of carboxylic acid groups (broad SMARTS) is 1. The average molecular weight is 423 g/mol. The lowest BCUT2D eigenvalue weighted by Crippen LogP contribution is -2.35. The van der Waals surface area contributed by atoms with E-state index < -0.39 is 5.97 Å². The zero-order chi connectivity index (χ0) is 20.4. The summed E-state index contributed by atoms with van der Waals surface area (Å²) in [5.41, 5.74) is 1.72. The molecule has 1 fully saturated rings. The van der Waals surface area contributed by atoms with Crippen LogP contribution in [0.15, 0.2) is 35.1 Å². The molecule has 0 spiro atoms. The number of hydrogen-bond acceptors (Lipinski definition) is 3. The fourth-order valence-corrected chi connectivity index (χ4v) is 4.36. The molecule has 1 aromatic carbocycles. The second kappa shape index (κ2) is 8.68. The molecule has 0 radical (unpaired) electrons. The predicted octanol–water partition coefficient (Wildman–Crippen LogP) is 4.47. The molecular weight excluding hydrogens is 399 g/mol. The van der Waals surface area contributed by atoms with Crippen molar-refractivity contribution in [2.75, 3.05) is 0 Å². The second-order valence-corrected chi connectivity index (χ2v) is 8.26. The summed E-state index contributed by atoms with van der Waals surface area (Å²) >= 11 is 12.6. The molecule has 0 aliphatic carbocycles. The first kappa shape index (κ1) is 20.9. The number of halogens is 2. The normalized spacial score (nSPS) is 19.9. The minimum atomic E-state index is -0.958. The van der Waals surface area contributed by atoms with Crippen molar-refractivity contribution in [3.63, 3.8) is 0 Å². The molecule has 1 aliphatic heterocycles. The van der Waals surface area contributed by atoms with E-state index in [1.165, 1.54) is 6.07 Å². The van der Waals surface area contributed by atoms with Crippen molar-refractivity contribution in [2.24, 2.45) is 0 Å². The van der Waals surface area contributed by atoms with E-state index in [9.17, 15) is 9.59 Å². The van der Waals surface area contributed by atoms with Crippen molar-refractivity contribution in [1.29, 1.82) is 0 Å². The summed E-state index contributed by atoms with van der Waals surface area (Å²) in [5.74, 6) is -0.958. The van der Waals surface area contributed by atoms with E-state index in [1.807, 2.05) is 0 Å². The summed E-state index contributed by atoms with van der Waals surface area (Å²) in [6.45, 7) is 5.42. The molecule has 5 nitrogen and oxygen atoms in total. The van der Waals surface area contributed by atoms with Gasteiger partial charge in [0.2, 0.25) is 0 Å². The minimum absolute atomic E-state index is 0.109. The van der Waals surface area contributed by atoms with E-state index in [0.29, 0.717) is 36.6 Å². The lowest BCUT2D eigenvalue weighted by atomic mass is 10.1. The van der Waals surface area contributed by atoms with E-state index >= 15 is 0 Å². The van der Waals surface area contributed by atoms with Gasteiger partial charge < -0.3 is 9.67 Å². The van der Waals surface area contributed by atoms with Gasteiger partial charge in [0.1, 0.15) is 5.02 Å². The number of benzene rings is 1. The number of hydrogen-bond donors (Lipinski definition) is 1. The Labute approximate surface area is 174 Å². The molecule has 2 atom stereocenters. The van der Waals surface area contributed by atoms with Crippen LogP contribution in [-0.4, -0.2) is 32.6 Å². The van der Waals surface area contributed by atoms with Crippen LogP contribution in [0.2, 0.25) is 10.0 Å². The fourth-order valence-electron chi connectivity index (χ4n) is 3.82. The lowest BCUT2D eigenvalue weighted by molar-refractivity contribution is 0.0697. The van der Waals surface area contributed by atoms with Crippen molar-refractivity contribution in [1.82, 2.24) is 9.47 Å². The maximum Gasteiger partial charge on any atom is 0.335 e. The molecule has 1 aromatic heterocycles. The second-order valence-electron chi connectivity index (χ2n) is 7.44. The molecular formula is C21H24Cl2N2O3. The standard InChI is InChI=1S/C21H24Cl2N2O3/c1-13-3-4-14(2)25(13)12-19-17(22)11-18(23)20(26)24(19)10-9-15-5-7-16(8-6-15)21(27)28/h5-8,11,13-14H,3-4,9-10,12H2,1-2H3,(H,27,28). The van der Waals surface area contributed by atoms with Gasteiger partial charge in [-0.2, -0.15) is 0 Å². The first-order chi connectivity index (χ1) is 13.3. The zero-order valence-electron chi connectivity index (χ0n) is 16.0. The highest BCUT2D eigenvalue weighted by Crippen LogP contribution is 2.28. The van der Waals surface area contributed by atoms with E-state index in [1.54, 1.807) is 28.8 Å². The van der Waals surface area contributed by atoms with Crippen LogP contribution in [0.1, 0.15) is 48.3 Å². The van der Waals surface area contributed by atoms with Crippen LogP contribution in [0.5, 0.6) is 0 Å².